The van der Waals surface area contributed by atoms with Gasteiger partial charge in [0.05, 0.1) is 12.7 Å². The molecule has 0 saturated carbocycles. The quantitative estimate of drug-likeness (QED) is 0.669. The van der Waals surface area contributed by atoms with Gasteiger partial charge < -0.3 is 25.0 Å². The Bertz CT molecular complexity index is 370. The molecule has 2 rings (SSSR count). The molecule has 3 N–H and O–H groups in total. The number of ether oxygens (including phenoxy) is 2. The molecule has 0 unspecified atom stereocenters. The van der Waals surface area contributed by atoms with Gasteiger partial charge in [-0.25, -0.2) is 0 Å². The smallest absolute Gasteiger partial charge is 0.161 e. The summed E-state index contributed by atoms with van der Waals surface area (Å²) < 4.78 is 10.9. The van der Waals surface area contributed by atoms with Crippen LogP contribution in [-0.4, -0.2) is 42.7 Å². The van der Waals surface area contributed by atoms with Gasteiger partial charge in [0.1, 0.15) is 13.2 Å². The van der Waals surface area contributed by atoms with Crippen LogP contribution in [0.2, 0.25) is 0 Å². The molecule has 1 aromatic carbocycles. The zero-order chi connectivity index (χ0) is 12.1. The van der Waals surface area contributed by atoms with Gasteiger partial charge in [0.25, 0.3) is 0 Å². The molecule has 0 fully saturated rings. The van der Waals surface area contributed by atoms with Crippen molar-refractivity contribution in [2.45, 2.75) is 12.6 Å². The molecule has 0 saturated heterocycles. The van der Waals surface area contributed by atoms with Gasteiger partial charge in [-0.3, -0.25) is 0 Å². The first kappa shape index (κ1) is 12.2. The first-order valence-electron chi connectivity index (χ1n) is 5.68. The number of aliphatic hydroxyl groups is 2. The molecule has 1 aliphatic heterocycles. The van der Waals surface area contributed by atoms with Crippen molar-refractivity contribution in [3.05, 3.63) is 23.8 Å². The zero-order valence-electron chi connectivity index (χ0n) is 9.56. The molecule has 5 heteroatoms. The normalized spacial score (nSPS) is 15.6. The van der Waals surface area contributed by atoms with E-state index in [4.69, 9.17) is 14.6 Å². The van der Waals surface area contributed by atoms with Crippen LogP contribution < -0.4 is 14.8 Å². The minimum absolute atomic E-state index is 0.228. The van der Waals surface area contributed by atoms with Crippen molar-refractivity contribution in [1.29, 1.82) is 0 Å². The molecular formula is C12H17NO4. The largest absolute Gasteiger partial charge is 0.486 e. The molecule has 17 heavy (non-hydrogen) atoms. The molecule has 0 radical (unpaired) electrons. The van der Waals surface area contributed by atoms with E-state index in [1.165, 1.54) is 0 Å². The average molecular weight is 239 g/mol. The summed E-state index contributed by atoms with van der Waals surface area (Å²) in [5, 5.41) is 20.9. The number of nitrogens with one attached hydrogen (secondary N) is 1. The van der Waals surface area contributed by atoms with Crippen LogP contribution in [0.15, 0.2) is 18.2 Å². The Kier molecular flexibility index (Phi) is 4.19. The highest BCUT2D eigenvalue weighted by Crippen LogP contribution is 2.30. The summed E-state index contributed by atoms with van der Waals surface area (Å²) in [6.45, 7) is 1.92. The van der Waals surface area contributed by atoms with Crippen molar-refractivity contribution in [2.75, 3.05) is 26.4 Å². The molecule has 0 bridgehead atoms. The molecule has 1 aromatic rings. The summed E-state index contributed by atoms with van der Waals surface area (Å²) in [5.74, 6) is 1.54. The van der Waals surface area contributed by atoms with Crippen molar-refractivity contribution < 1.29 is 19.7 Å². The predicted octanol–water partition coefficient (Wildman–Crippen LogP) is -0.0994. The molecule has 1 atom stereocenters. The van der Waals surface area contributed by atoms with Crippen LogP contribution in [0.5, 0.6) is 11.5 Å². The third-order valence-electron chi connectivity index (χ3n) is 2.53. The summed E-state index contributed by atoms with van der Waals surface area (Å²) in [5.41, 5.74) is 1.05. The Labute approximate surface area is 100.0 Å². The highest BCUT2D eigenvalue weighted by atomic mass is 16.6. The Morgan fingerprint density at radius 2 is 2.00 bits per heavy atom. The van der Waals surface area contributed by atoms with Crippen LogP contribution in [0.1, 0.15) is 5.56 Å². The lowest BCUT2D eigenvalue weighted by molar-refractivity contribution is 0.0942. The molecule has 94 valence electrons. The summed E-state index contributed by atoms with van der Waals surface area (Å²) in [4.78, 5) is 0. The average Bonchev–Trinajstić information content (AvgIpc) is 2.38. The van der Waals surface area contributed by atoms with E-state index in [0.717, 1.165) is 17.1 Å². The highest BCUT2D eigenvalue weighted by Gasteiger charge is 2.11. The van der Waals surface area contributed by atoms with Crippen molar-refractivity contribution >= 4 is 0 Å². The Balaban J connectivity index is 1.89. The topological polar surface area (TPSA) is 71.0 Å². The monoisotopic (exact) mass is 239 g/mol. The van der Waals surface area contributed by atoms with E-state index >= 15 is 0 Å². The van der Waals surface area contributed by atoms with Gasteiger partial charge in [-0.1, -0.05) is 6.07 Å². The summed E-state index contributed by atoms with van der Waals surface area (Å²) in [6.07, 6.45) is -0.716. The Hall–Kier alpha value is -1.30. The number of hydrogen-bond acceptors (Lipinski definition) is 5. The van der Waals surface area contributed by atoms with Crippen LogP contribution >= 0.6 is 0 Å². The maximum atomic E-state index is 9.17. The predicted molar refractivity (Wildman–Crippen MR) is 62.2 cm³/mol. The van der Waals surface area contributed by atoms with Crippen molar-refractivity contribution in [2.24, 2.45) is 0 Å². The van der Waals surface area contributed by atoms with Gasteiger partial charge in [0, 0.05) is 13.1 Å². The van der Waals surface area contributed by atoms with Crippen LogP contribution in [-0.2, 0) is 6.54 Å². The summed E-state index contributed by atoms with van der Waals surface area (Å²) >= 11 is 0. The fraction of sp³-hybridized carbons (Fsp3) is 0.500. The molecule has 1 aliphatic rings. The second kappa shape index (κ2) is 5.86. The standard InChI is InChI=1S/C12H17NO4/c14-8-10(15)7-13-6-9-1-2-11-12(5-9)17-4-3-16-11/h1-2,5,10,13-15H,3-4,6-8H2/t10-/m1/s1. The van der Waals surface area contributed by atoms with Crippen LogP contribution in [0.25, 0.3) is 0 Å². The maximum Gasteiger partial charge on any atom is 0.161 e. The highest BCUT2D eigenvalue weighted by molar-refractivity contribution is 5.43. The van der Waals surface area contributed by atoms with Crippen LogP contribution in [0.4, 0.5) is 0 Å². The van der Waals surface area contributed by atoms with Gasteiger partial charge in [0.2, 0.25) is 0 Å². The second-order valence-electron chi connectivity index (χ2n) is 3.95. The van der Waals surface area contributed by atoms with E-state index < -0.39 is 6.10 Å². The molecule has 0 spiro atoms. The number of rotatable bonds is 5. The fourth-order valence-corrected chi connectivity index (χ4v) is 1.65. The Morgan fingerprint density at radius 3 is 2.76 bits per heavy atom. The summed E-state index contributed by atoms with van der Waals surface area (Å²) in [7, 11) is 0. The number of fused-ring (bicyclic) bond motifs is 1. The van der Waals surface area contributed by atoms with E-state index in [0.29, 0.717) is 26.3 Å². The summed E-state index contributed by atoms with van der Waals surface area (Å²) in [6, 6.07) is 5.76. The maximum absolute atomic E-state index is 9.17. The number of aliphatic hydroxyl groups excluding tert-OH is 2. The van der Waals surface area contributed by atoms with E-state index in [2.05, 4.69) is 5.32 Å². The minimum Gasteiger partial charge on any atom is -0.486 e. The van der Waals surface area contributed by atoms with Gasteiger partial charge in [-0.2, -0.15) is 0 Å². The third kappa shape index (κ3) is 3.33. The first-order chi connectivity index (χ1) is 8.29. The third-order valence-corrected chi connectivity index (χ3v) is 2.53. The van der Waals surface area contributed by atoms with E-state index in [-0.39, 0.29) is 6.61 Å². The van der Waals surface area contributed by atoms with E-state index in [1.54, 1.807) is 0 Å². The van der Waals surface area contributed by atoms with Gasteiger partial charge in [-0.05, 0) is 17.7 Å². The van der Waals surface area contributed by atoms with Gasteiger partial charge >= 0.3 is 0 Å². The lowest BCUT2D eigenvalue weighted by atomic mass is 10.2. The van der Waals surface area contributed by atoms with E-state index in [9.17, 15) is 5.11 Å². The van der Waals surface area contributed by atoms with Gasteiger partial charge in [0.15, 0.2) is 11.5 Å². The van der Waals surface area contributed by atoms with E-state index in [1.807, 2.05) is 18.2 Å². The Morgan fingerprint density at radius 1 is 1.24 bits per heavy atom. The first-order valence-corrected chi connectivity index (χ1v) is 5.68. The fourth-order valence-electron chi connectivity index (χ4n) is 1.65. The minimum atomic E-state index is -0.716. The zero-order valence-corrected chi connectivity index (χ0v) is 9.56. The molecule has 0 aliphatic carbocycles. The number of benzene rings is 1. The molecule has 0 aromatic heterocycles. The SMILES string of the molecule is OC[C@H](O)CNCc1ccc2c(c1)OCCO2. The molecule has 0 amide bonds. The lowest BCUT2D eigenvalue weighted by Gasteiger charge is -2.19. The van der Waals surface area contributed by atoms with Crippen LogP contribution in [0.3, 0.4) is 0 Å². The van der Waals surface area contributed by atoms with Crippen molar-refractivity contribution in [3.63, 3.8) is 0 Å². The van der Waals surface area contributed by atoms with Crippen molar-refractivity contribution in [3.8, 4) is 11.5 Å². The van der Waals surface area contributed by atoms with Crippen molar-refractivity contribution in [1.82, 2.24) is 5.32 Å². The van der Waals surface area contributed by atoms with Gasteiger partial charge in [-0.15, -0.1) is 0 Å². The molecule has 1 heterocycles. The lowest BCUT2D eigenvalue weighted by Crippen LogP contribution is -2.29. The molecule has 5 nitrogen and oxygen atoms in total. The van der Waals surface area contributed by atoms with Crippen LogP contribution in [0, 0.1) is 0 Å². The molecular weight excluding hydrogens is 222 g/mol. The number of hydrogen-bond donors (Lipinski definition) is 3. The second-order valence-corrected chi connectivity index (χ2v) is 3.95.